The van der Waals surface area contributed by atoms with Gasteiger partial charge < -0.3 is 14.5 Å². The van der Waals surface area contributed by atoms with Crippen molar-refractivity contribution in [2.24, 2.45) is 5.92 Å². The van der Waals surface area contributed by atoms with Gasteiger partial charge in [0.05, 0.1) is 23.2 Å². The third-order valence-corrected chi connectivity index (χ3v) is 9.95. The number of aromatic nitrogens is 4. The largest absolute Gasteiger partial charge is 0.475 e. The summed E-state index contributed by atoms with van der Waals surface area (Å²) in [6.07, 6.45) is 4.57. The van der Waals surface area contributed by atoms with Gasteiger partial charge in [-0.25, -0.2) is 28.1 Å². The first-order valence-electron chi connectivity index (χ1n) is 15.6. The molecule has 3 heterocycles. The quantitative estimate of drug-likeness (QED) is 0.282. The molecule has 1 fully saturated rings. The maximum Gasteiger partial charge on any atom is 0.264 e. The molecule has 1 atom stereocenters. The standard InChI is InChI=1S/C34H39N7O4S/c1-21(2)40(5)30-14-15-35-29(37-30)19-41-26(16-24-12-13-24)20-45-31-18-28(32-22(3)8-6-9-23(32)4)36-34(38-31)39-46(43,44)27-11-7-10-25(17-27)33(41)42/h6-11,14-15,17-18,21,24,26H,12-13,16,19-20H2,1-5H3,(H,36,38,39)/t26-/m1/s1. The normalized spacial score (nSPS) is 17.7. The average molecular weight is 642 g/mol. The van der Waals surface area contributed by atoms with Crippen molar-refractivity contribution < 1.29 is 17.9 Å². The van der Waals surface area contributed by atoms with Gasteiger partial charge in [0.2, 0.25) is 11.8 Å². The molecule has 11 nitrogen and oxygen atoms in total. The number of hydrogen-bond donors (Lipinski definition) is 1. The van der Waals surface area contributed by atoms with Crippen molar-refractivity contribution in [3.8, 4) is 17.1 Å². The number of carbonyl (C=O) groups excluding carboxylic acids is 1. The van der Waals surface area contributed by atoms with Gasteiger partial charge in [0.1, 0.15) is 18.2 Å². The monoisotopic (exact) mass is 641 g/mol. The molecule has 6 rings (SSSR count). The van der Waals surface area contributed by atoms with Crippen LogP contribution >= 0.6 is 0 Å². The van der Waals surface area contributed by atoms with Crippen LogP contribution in [0.15, 0.2) is 65.7 Å². The van der Waals surface area contributed by atoms with Gasteiger partial charge in [-0.2, -0.15) is 4.98 Å². The minimum absolute atomic E-state index is 0.0726. The van der Waals surface area contributed by atoms with Crippen molar-refractivity contribution in [3.05, 3.63) is 83.3 Å². The minimum atomic E-state index is -4.16. The van der Waals surface area contributed by atoms with E-state index in [0.717, 1.165) is 41.8 Å². The van der Waals surface area contributed by atoms with Crippen molar-refractivity contribution >= 4 is 27.7 Å². The van der Waals surface area contributed by atoms with Crippen LogP contribution in [0, 0.1) is 19.8 Å². The topological polar surface area (TPSA) is 131 Å². The Hall–Kier alpha value is -4.58. The molecule has 1 N–H and O–H groups in total. The summed E-state index contributed by atoms with van der Waals surface area (Å²) in [4.78, 5) is 36.4. The zero-order valence-corrected chi connectivity index (χ0v) is 27.6. The molecule has 0 radical (unpaired) electrons. The second kappa shape index (κ2) is 12.7. The molecule has 0 spiro atoms. The van der Waals surface area contributed by atoms with E-state index in [-0.39, 0.29) is 53.4 Å². The highest BCUT2D eigenvalue weighted by Gasteiger charge is 2.34. The lowest BCUT2D eigenvalue weighted by Crippen LogP contribution is -2.44. The Labute approximate surface area is 270 Å². The van der Waals surface area contributed by atoms with Gasteiger partial charge >= 0.3 is 0 Å². The van der Waals surface area contributed by atoms with Crippen molar-refractivity contribution in [2.45, 2.75) is 70.5 Å². The van der Waals surface area contributed by atoms with Gasteiger partial charge in [0.25, 0.3) is 15.9 Å². The SMILES string of the molecule is Cc1cccc(C)c1-c1cc2nc(n1)NS(=O)(=O)c1cccc(c1)C(=O)N(Cc1nccc(N(C)C(C)C)n1)[C@H](CC1CC1)CO2. The Kier molecular flexibility index (Phi) is 8.65. The van der Waals surface area contributed by atoms with Crippen LogP contribution in [-0.2, 0) is 16.6 Å². The van der Waals surface area contributed by atoms with E-state index in [2.05, 4.69) is 33.5 Å². The van der Waals surface area contributed by atoms with Crippen LogP contribution in [0.2, 0.25) is 0 Å². The fourth-order valence-corrected chi connectivity index (χ4v) is 6.67. The minimum Gasteiger partial charge on any atom is -0.475 e. The number of nitrogens with one attached hydrogen (secondary N) is 1. The second-order valence-corrected chi connectivity index (χ2v) is 14.1. The van der Waals surface area contributed by atoms with E-state index in [9.17, 15) is 13.2 Å². The summed E-state index contributed by atoms with van der Waals surface area (Å²) < 4.78 is 36.1. The highest BCUT2D eigenvalue weighted by Crippen LogP contribution is 2.36. The fourth-order valence-electron chi connectivity index (χ4n) is 5.68. The number of hydrogen-bond acceptors (Lipinski definition) is 9. The lowest BCUT2D eigenvalue weighted by Gasteiger charge is -2.32. The van der Waals surface area contributed by atoms with Gasteiger partial charge in [-0.3, -0.25) is 4.79 Å². The molecule has 0 unspecified atom stereocenters. The van der Waals surface area contributed by atoms with Crippen molar-refractivity contribution in [2.75, 3.05) is 23.3 Å². The Morgan fingerprint density at radius 3 is 2.48 bits per heavy atom. The van der Waals surface area contributed by atoms with Crippen molar-refractivity contribution in [1.82, 2.24) is 24.8 Å². The zero-order valence-electron chi connectivity index (χ0n) is 26.8. The number of amides is 1. The molecule has 12 heteroatoms. The van der Waals surface area contributed by atoms with Crippen molar-refractivity contribution in [1.29, 1.82) is 0 Å². The predicted molar refractivity (Wildman–Crippen MR) is 176 cm³/mol. The molecule has 1 amide bonds. The Morgan fingerprint density at radius 2 is 1.76 bits per heavy atom. The van der Waals surface area contributed by atoms with E-state index >= 15 is 0 Å². The van der Waals surface area contributed by atoms with Crippen LogP contribution in [0.5, 0.6) is 5.88 Å². The number of fused-ring (bicyclic) bond motifs is 4. The molecule has 2 aliphatic rings. The summed E-state index contributed by atoms with van der Waals surface area (Å²) in [6.45, 7) is 8.38. The highest BCUT2D eigenvalue weighted by molar-refractivity contribution is 7.92. The Balaban J connectivity index is 1.46. The zero-order chi connectivity index (χ0) is 32.6. The maximum atomic E-state index is 14.3. The van der Waals surface area contributed by atoms with Crippen LogP contribution < -0.4 is 14.4 Å². The molecule has 46 heavy (non-hydrogen) atoms. The fraction of sp³-hybridized carbons (Fsp3) is 0.382. The maximum absolute atomic E-state index is 14.3. The molecule has 1 saturated carbocycles. The second-order valence-electron chi connectivity index (χ2n) is 12.4. The third-order valence-electron chi connectivity index (χ3n) is 8.62. The number of sulfonamides is 1. The van der Waals surface area contributed by atoms with E-state index in [4.69, 9.17) is 9.72 Å². The first-order chi connectivity index (χ1) is 22.0. The number of carbonyl (C=O) groups is 1. The molecule has 4 aromatic rings. The number of anilines is 2. The highest BCUT2D eigenvalue weighted by atomic mass is 32.2. The number of ether oxygens (including phenoxy) is 1. The molecule has 1 aliphatic heterocycles. The molecule has 240 valence electrons. The summed E-state index contributed by atoms with van der Waals surface area (Å²) in [5, 5.41) is 0. The number of rotatable bonds is 7. The van der Waals surface area contributed by atoms with Crippen LogP contribution in [0.4, 0.5) is 11.8 Å². The molecule has 0 saturated heterocycles. The lowest BCUT2D eigenvalue weighted by atomic mass is 10.00. The van der Waals surface area contributed by atoms with Crippen LogP contribution in [0.1, 0.15) is 60.4 Å². The first kappa shape index (κ1) is 31.4. The van der Waals surface area contributed by atoms with Crippen molar-refractivity contribution in [3.63, 3.8) is 0 Å². The van der Waals surface area contributed by atoms with E-state index < -0.39 is 10.0 Å². The summed E-state index contributed by atoms with van der Waals surface area (Å²) in [5.41, 5.74) is 3.61. The molecule has 1 aliphatic carbocycles. The number of nitrogens with zero attached hydrogens (tertiary/aromatic N) is 6. The average Bonchev–Trinajstić information content (AvgIpc) is 3.85. The number of aryl methyl sites for hydroxylation is 2. The van der Waals surface area contributed by atoms with E-state index in [0.29, 0.717) is 17.4 Å². The first-order valence-corrected chi connectivity index (χ1v) is 17.0. The molecule has 2 aromatic carbocycles. The lowest BCUT2D eigenvalue weighted by molar-refractivity contribution is 0.0557. The molecular formula is C34H39N7O4S. The molecular weight excluding hydrogens is 602 g/mol. The third kappa shape index (κ3) is 6.81. The smallest absolute Gasteiger partial charge is 0.264 e. The van der Waals surface area contributed by atoms with Gasteiger partial charge in [0.15, 0.2) is 0 Å². The van der Waals surface area contributed by atoms with Crippen LogP contribution in [0.25, 0.3) is 11.3 Å². The molecule has 4 bridgehead atoms. The summed E-state index contributed by atoms with van der Waals surface area (Å²) >= 11 is 0. The van der Waals surface area contributed by atoms with Gasteiger partial charge in [-0.05, 0) is 75.4 Å². The summed E-state index contributed by atoms with van der Waals surface area (Å²) in [5.74, 6) is 1.46. The van der Waals surface area contributed by atoms with E-state index in [1.54, 1.807) is 29.3 Å². The van der Waals surface area contributed by atoms with Crippen LogP contribution in [-0.4, -0.2) is 64.9 Å². The predicted octanol–water partition coefficient (Wildman–Crippen LogP) is 5.40. The Morgan fingerprint density at radius 1 is 1.02 bits per heavy atom. The molecule has 2 aromatic heterocycles. The Bertz CT molecular complexity index is 1860. The summed E-state index contributed by atoms with van der Waals surface area (Å²) in [7, 11) is -2.19. The summed E-state index contributed by atoms with van der Waals surface area (Å²) in [6, 6.07) is 15.4. The van der Waals surface area contributed by atoms with Crippen LogP contribution in [0.3, 0.4) is 0 Å². The van der Waals surface area contributed by atoms with E-state index in [1.807, 2.05) is 50.1 Å². The van der Waals surface area contributed by atoms with Gasteiger partial charge in [-0.15, -0.1) is 0 Å². The van der Waals surface area contributed by atoms with Gasteiger partial charge in [-0.1, -0.05) is 37.1 Å². The van der Waals surface area contributed by atoms with E-state index in [1.165, 1.54) is 12.1 Å². The number of benzene rings is 2. The van der Waals surface area contributed by atoms with Gasteiger partial charge in [0, 0.05) is 36.5 Å².